The van der Waals surface area contributed by atoms with Gasteiger partial charge in [-0.2, -0.15) is 0 Å². The minimum absolute atomic E-state index is 0.0349. The van der Waals surface area contributed by atoms with Gasteiger partial charge >= 0.3 is 0 Å². The van der Waals surface area contributed by atoms with E-state index in [9.17, 15) is 9.59 Å². The van der Waals surface area contributed by atoms with E-state index in [4.69, 9.17) is 4.74 Å². The van der Waals surface area contributed by atoms with Crippen LogP contribution in [0.15, 0.2) is 30.3 Å². The second-order valence-electron chi connectivity index (χ2n) is 6.77. The molecule has 0 radical (unpaired) electrons. The highest BCUT2D eigenvalue weighted by Gasteiger charge is 2.37. The maximum Gasteiger partial charge on any atom is 0.249 e. The Morgan fingerprint density at radius 3 is 2.71 bits per heavy atom. The van der Waals surface area contributed by atoms with Crippen LogP contribution in [0.3, 0.4) is 0 Å². The number of nitrogens with zero attached hydrogens (tertiary/aromatic N) is 2. The molecule has 0 spiro atoms. The molecule has 1 saturated carbocycles. The summed E-state index contributed by atoms with van der Waals surface area (Å²) >= 11 is 0. The Labute approximate surface area is 143 Å². The van der Waals surface area contributed by atoms with Crippen molar-refractivity contribution in [3.63, 3.8) is 0 Å². The average molecular weight is 330 g/mol. The highest BCUT2D eigenvalue weighted by Crippen LogP contribution is 2.30. The van der Waals surface area contributed by atoms with Crippen molar-refractivity contribution in [2.24, 2.45) is 5.92 Å². The van der Waals surface area contributed by atoms with Gasteiger partial charge in [0.05, 0.1) is 6.61 Å². The maximum absolute atomic E-state index is 13.0. The van der Waals surface area contributed by atoms with E-state index in [2.05, 4.69) is 6.92 Å². The molecule has 1 aliphatic carbocycles. The third kappa shape index (κ3) is 4.15. The van der Waals surface area contributed by atoms with Crippen molar-refractivity contribution >= 4 is 11.8 Å². The number of morpholine rings is 1. The number of rotatable bonds is 7. The van der Waals surface area contributed by atoms with Crippen molar-refractivity contribution in [1.82, 2.24) is 9.80 Å². The lowest BCUT2D eigenvalue weighted by Gasteiger charge is -2.37. The largest absolute Gasteiger partial charge is 0.369 e. The fourth-order valence-electron chi connectivity index (χ4n) is 3.17. The highest BCUT2D eigenvalue weighted by molar-refractivity contribution is 5.89. The summed E-state index contributed by atoms with van der Waals surface area (Å²) < 4.78 is 5.39. The minimum atomic E-state index is -0.503. The Kier molecular flexibility index (Phi) is 5.51. The highest BCUT2D eigenvalue weighted by atomic mass is 16.5. The van der Waals surface area contributed by atoms with Gasteiger partial charge in [-0.1, -0.05) is 37.3 Å². The summed E-state index contributed by atoms with van der Waals surface area (Å²) in [5.74, 6) is 0.572. The van der Waals surface area contributed by atoms with Crippen molar-refractivity contribution in [2.75, 3.05) is 26.3 Å². The van der Waals surface area contributed by atoms with Gasteiger partial charge in [0.1, 0.15) is 12.6 Å². The fraction of sp³-hybridized carbons (Fsp3) is 0.579. The van der Waals surface area contributed by atoms with E-state index in [0.29, 0.717) is 19.1 Å². The summed E-state index contributed by atoms with van der Waals surface area (Å²) in [5, 5.41) is 0. The predicted octanol–water partition coefficient (Wildman–Crippen LogP) is 2.06. The quantitative estimate of drug-likeness (QED) is 0.769. The second kappa shape index (κ2) is 7.79. The smallest absolute Gasteiger partial charge is 0.249 e. The molecule has 0 aromatic heterocycles. The molecule has 5 nitrogen and oxygen atoms in total. The number of benzene rings is 1. The van der Waals surface area contributed by atoms with Gasteiger partial charge in [0.2, 0.25) is 11.8 Å². The van der Waals surface area contributed by atoms with Gasteiger partial charge < -0.3 is 14.5 Å². The number of carbonyl (C=O) groups is 2. The molecule has 1 saturated heterocycles. The van der Waals surface area contributed by atoms with Gasteiger partial charge in [-0.15, -0.1) is 0 Å². The molecule has 1 aromatic carbocycles. The third-order valence-electron chi connectivity index (χ3n) is 4.66. The van der Waals surface area contributed by atoms with Gasteiger partial charge in [0.25, 0.3) is 0 Å². The van der Waals surface area contributed by atoms with Crippen molar-refractivity contribution in [3.05, 3.63) is 35.9 Å². The van der Waals surface area contributed by atoms with Crippen LogP contribution in [0.4, 0.5) is 0 Å². The SMILES string of the molecule is CCCN(CC1CC1)C(=O)[C@@H]1COCC(=O)N1Cc1ccccc1. The number of hydrogen-bond acceptors (Lipinski definition) is 3. The topological polar surface area (TPSA) is 49.9 Å². The zero-order valence-electron chi connectivity index (χ0n) is 14.3. The van der Waals surface area contributed by atoms with Crippen molar-refractivity contribution < 1.29 is 14.3 Å². The van der Waals surface area contributed by atoms with Crippen molar-refractivity contribution in [2.45, 2.75) is 38.8 Å². The average Bonchev–Trinajstić information content (AvgIpc) is 3.41. The molecule has 2 aliphatic rings. The van der Waals surface area contributed by atoms with Crippen LogP contribution in [0.25, 0.3) is 0 Å². The second-order valence-corrected chi connectivity index (χ2v) is 6.77. The lowest BCUT2D eigenvalue weighted by molar-refractivity contribution is -0.160. The van der Waals surface area contributed by atoms with E-state index in [-0.39, 0.29) is 18.4 Å². The zero-order chi connectivity index (χ0) is 16.9. The van der Waals surface area contributed by atoms with E-state index in [1.165, 1.54) is 12.8 Å². The molecule has 2 amide bonds. The standard InChI is InChI=1S/C19H26N2O3/c1-2-10-20(11-16-8-9-16)19(23)17-13-24-14-18(22)21(17)12-15-6-4-3-5-7-15/h3-7,16-17H,2,8-14H2,1H3/t17-/m0/s1. The van der Waals surface area contributed by atoms with Crippen LogP contribution in [0.2, 0.25) is 0 Å². The Hall–Kier alpha value is -1.88. The normalized spacial score (nSPS) is 21.0. The number of amides is 2. The van der Waals surface area contributed by atoms with E-state index in [1.54, 1.807) is 4.90 Å². The number of ether oxygens (including phenoxy) is 1. The zero-order valence-corrected chi connectivity index (χ0v) is 14.3. The van der Waals surface area contributed by atoms with Gasteiger partial charge in [-0.05, 0) is 30.7 Å². The lowest BCUT2D eigenvalue weighted by Crippen LogP contribution is -2.57. The molecular weight excluding hydrogens is 304 g/mol. The summed E-state index contributed by atoms with van der Waals surface area (Å²) in [4.78, 5) is 29.0. The molecule has 0 bridgehead atoms. The van der Waals surface area contributed by atoms with Crippen LogP contribution in [0.5, 0.6) is 0 Å². The van der Waals surface area contributed by atoms with Crippen molar-refractivity contribution in [3.8, 4) is 0 Å². The van der Waals surface area contributed by atoms with Gasteiger partial charge in [0, 0.05) is 19.6 Å². The first kappa shape index (κ1) is 17.0. The summed E-state index contributed by atoms with van der Waals surface area (Å²) in [6.07, 6.45) is 3.35. The van der Waals surface area contributed by atoms with Crippen LogP contribution >= 0.6 is 0 Å². The van der Waals surface area contributed by atoms with Crippen LogP contribution in [-0.4, -0.2) is 54.0 Å². The molecule has 1 heterocycles. The van der Waals surface area contributed by atoms with Gasteiger partial charge in [-0.25, -0.2) is 0 Å². The fourth-order valence-corrected chi connectivity index (χ4v) is 3.17. The first-order valence-electron chi connectivity index (χ1n) is 8.89. The molecular formula is C19H26N2O3. The Bertz CT molecular complexity index is 571. The first-order valence-corrected chi connectivity index (χ1v) is 8.89. The summed E-state index contributed by atoms with van der Waals surface area (Å²) in [7, 11) is 0. The molecule has 1 atom stereocenters. The molecule has 1 aromatic rings. The van der Waals surface area contributed by atoms with Gasteiger partial charge in [0.15, 0.2) is 0 Å². The van der Waals surface area contributed by atoms with Gasteiger partial charge in [-0.3, -0.25) is 9.59 Å². The summed E-state index contributed by atoms with van der Waals surface area (Å²) in [5.41, 5.74) is 1.04. The lowest BCUT2D eigenvalue weighted by atomic mass is 10.1. The monoisotopic (exact) mass is 330 g/mol. The molecule has 2 fully saturated rings. The predicted molar refractivity (Wildman–Crippen MR) is 91.2 cm³/mol. The minimum Gasteiger partial charge on any atom is -0.369 e. The van der Waals surface area contributed by atoms with Crippen LogP contribution in [-0.2, 0) is 20.9 Å². The molecule has 1 aliphatic heterocycles. The summed E-state index contributed by atoms with van der Waals surface area (Å²) in [6.45, 7) is 4.46. The van der Waals surface area contributed by atoms with E-state index < -0.39 is 6.04 Å². The van der Waals surface area contributed by atoms with E-state index in [0.717, 1.165) is 25.1 Å². The Morgan fingerprint density at radius 1 is 1.29 bits per heavy atom. The van der Waals surface area contributed by atoms with Crippen molar-refractivity contribution in [1.29, 1.82) is 0 Å². The Balaban J connectivity index is 1.73. The number of hydrogen-bond donors (Lipinski definition) is 0. The third-order valence-corrected chi connectivity index (χ3v) is 4.66. The van der Waals surface area contributed by atoms with Crippen LogP contribution in [0, 0.1) is 5.92 Å². The molecule has 130 valence electrons. The maximum atomic E-state index is 13.0. The summed E-state index contributed by atoms with van der Waals surface area (Å²) in [6, 6.07) is 9.32. The van der Waals surface area contributed by atoms with Crippen LogP contribution < -0.4 is 0 Å². The molecule has 0 N–H and O–H groups in total. The van der Waals surface area contributed by atoms with E-state index in [1.807, 2.05) is 35.2 Å². The molecule has 3 rings (SSSR count). The molecule has 24 heavy (non-hydrogen) atoms. The number of carbonyl (C=O) groups excluding carboxylic acids is 2. The van der Waals surface area contributed by atoms with Crippen LogP contribution in [0.1, 0.15) is 31.7 Å². The Morgan fingerprint density at radius 2 is 2.04 bits per heavy atom. The molecule has 0 unspecified atom stereocenters. The van der Waals surface area contributed by atoms with E-state index >= 15 is 0 Å². The first-order chi connectivity index (χ1) is 11.7. The molecule has 5 heteroatoms.